The zero-order valence-corrected chi connectivity index (χ0v) is 19.3. The lowest BCUT2D eigenvalue weighted by Gasteiger charge is -2.22. The van der Waals surface area contributed by atoms with Crippen molar-refractivity contribution in [1.82, 2.24) is 5.32 Å². The fourth-order valence-corrected chi connectivity index (χ4v) is 3.81. The molecule has 0 fully saturated rings. The third kappa shape index (κ3) is 6.56. The molecule has 30 heavy (non-hydrogen) atoms. The second-order valence-corrected chi connectivity index (χ2v) is 7.80. The molecule has 0 aliphatic carbocycles. The second kappa shape index (κ2) is 12.3. The molecule has 0 bridgehead atoms. The molecule has 0 amide bonds. The minimum absolute atomic E-state index is 0.498. The van der Waals surface area contributed by atoms with E-state index < -0.39 is 0 Å². The average Bonchev–Trinajstić information content (AvgIpc) is 2.77. The van der Waals surface area contributed by atoms with Gasteiger partial charge in [-0.25, -0.2) is 0 Å². The third-order valence-corrected chi connectivity index (χ3v) is 5.55. The van der Waals surface area contributed by atoms with Crippen molar-refractivity contribution < 1.29 is 18.9 Å². The highest BCUT2D eigenvalue weighted by molar-refractivity contribution is 5.44. The van der Waals surface area contributed by atoms with Gasteiger partial charge in [-0.15, -0.1) is 0 Å². The first kappa shape index (κ1) is 23.9. The molecule has 0 spiro atoms. The maximum atomic E-state index is 5.48. The van der Waals surface area contributed by atoms with E-state index in [4.69, 9.17) is 18.9 Å². The Labute approximate surface area is 181 Å². The van der Waals surface area contributed by atoms with E-state index in [9.17, 15) is 0 Å². The topological polar surface area (TPSA) is 49.0 Å². The van der Waals surface area contributed by atoms with Crippen molar-refractivity contribution in [3.63, 3.8) is 0 Å². The summed E-state index contributed by atoms with van der Waals surface area (Å²) in [4.78, 5) is 0. The van der Waals surface area contributed by atoms with E-state index >= 15 is 0 Å². The summed E-state index contributed by atoms with van der Waals surface area (Å²) in [5.74, 6) is 4.19. The van der Waals surface area contributed by atoms with Crippen molar-refractivity contribution in [1.29, 1.82) is 0 Å². The summed E-state index contributed by atoms with van der Waals surface area (Å²) in [6, 6.07) is 12.4. The standard InChI is InChI=1S/C25H37NO4/c1-18(2)21(20-10-12-23(28-4)25(17-20)30-6)8-7-14-26-15-13-19-9-11-22(27-3)24(16-19)29-5/h9-12,16-18,21,26H,7-8,13-15H2,1-6H3. The van der Waals surface area contributed by atoms with Crippen LogP contribution in [0, 0.1) is 5.92 Å². The van der Waals surface area contributed by atoms with Crippen molar-refractivity contribution in [3.05, 3.63) is 47.5 Å². The number of ether oxygens (including phenoxy) is 4. The maximum absolute atomic E-state index is 5.48. The van der Waals surface area contributed by atoms with Crippen LogP contribution in [0.1, 0.15) is 43.7 Å². The Bertz CT molecular complexity index is 776. The fraction of sp³-hybridized carbons (Fsp3) is 0.520. The minimum atomic E-state index is 0.498. The molecule has 1 N–H and O–H groups in total. The van der Waals surface area contributed by atoms with Crippen LogP contribution in [-0.4, -0.2) is 41.5 Å². The monoisotopic (exact) mass is 415 g/mol. The maximum Gasteiger partial charge on any atom is 0.160 e. The summed E-state index contributed by atoms with van der Waals surface area (Å²) in [7, 11) is 6.69. The number of rotatable bonds is 13. The Kier molecular flexibility index (Phi) is 9.81. The molecule has 5 heteroatoms. The molecule has 2 rings (SSSR count). The van der Waals surface area contributed by atoms with Gasteiger partial charge in [0.15, 0.2) is 23.0 Å². The second-order valence-electron chi connectivity index (χ2n) is 7.80. The van der Waals surface area contributed by atoms with Crippen molar-refractivity contribution >= 4 is 0 Å². The normalized spacial score (nSPS) is 12.0. The largest absolute Gasteiger partial charge is 0.493 e. The number of hydrogen-bond acceptors (Lipinski definition) is 5. The summed E-state index contributed by atoms with van der Waals surface area (Å²) in [5.41, 5.74) is 2.55. The van der Waals surface area contributed by atoms with E-state index in [-0.39, 0.29) is 0 Å². The summed E-state index contributed by atoms with van der Waals surface area (Å²) in [6.45, 7) is 6.51. The minimum Gasteiger partial charge on any atom is -0.493 e. The Morgan fingerprint density at radius 1 is 0.733 bits per heavy atom. The molecule has 0 aromatic heterocycles. The summed E-state index contributed by atoms with van der Waals surface area (Å²) >= 11 is 0. The van der Waals surface area contributed by atoms with Gasteiger partial charge in [-0.1, -0.05) is 26.0 Å². The zero-order chi connectivity index (χ0) is 21.9. The SMILES string of the molecule is COc1ccc(CCNCCCC(c2ccc(OC)c(OC)c2)C(C)C)cc1OC. The molecule has 0 aliphatic heterocycles. The molecular weight excluding hydrogens is 378 g/mol. The Hall–Kier alpha value is -2.40. The molecule has 0 saturated carbocycles. The smallest absolute Gasteiger partial charge is 0.160 e. The lowest BCUT2D eigenvalue weighted by Crippen LogP contribution is -2.19. The van der Waals surface area contributed by atoms with Gasteiger partial charge in [0, 0.05) is 0 Å². The molecule has 166 valence electrons. The highest BCUT2D eigenvalue weighted by atomic mass is 16.5. The molecule has 0 heterocycles. The van der Waals surface area contributed by atoms with Crippen molar-refractivity contribution in [2.75, 3.05) is 41.5 Å². The van der Waals surface area contributed by atoms with E-state index in [1.807, 2.05) is 18.2 Å². The fourth-order valence-electron chi connectivity index (χ4n) is 3.81. The van der Waals surface area contributed by atoms with Crippen LogP contribution in [0.5, 0.6) is 23.0 Å². The zero-order valence-electron chi connectivity index (χ0n) is 19.3. The lowest BCUT2D eigenvalue weighted by molar-refractivity contribution is 0.353. The van der Waals surface area contributed by atoms with Crippen LogP contribution in [-0.2, 0) is 6.42 Å². The number of nitrogens with one attached hydrogen (secondary N) is 1. The first-order valence-electron chi connectivity index (χ1n) is 10.7. The number of methoxy groups -OCH3 is 4. The molecule has 5 nitrogen and oxygen atoms in total. The van der Waals surface area contributed by atoms with Crippen LogP contribution in [0.2, 0.25) is 0 Å². The summed E-state index contributed by atoms with van der Waals surface area (Å²) in [6.07, 6.45) is 3.23. The highest BCUT2D eigenvalue weighted by Gasteiger charge is 2.17. The van der Waals surface area contributed by atoms with E-state index in [1.54, 1.807) is 28.4 Å². The molecular formula is C25H37NO4. The van der Waals surface area contributed by atoms with Gasteiger partial charge in [-0.2, -0.15) is 0 Å². The van der Waals surface area contributed by atoms with Crippen LogP contribution in [0.4, 0.5) is 0 Å². The first-order valence-corrected chi connectivity index (χ1v) is 10.7. The van der Waals surface area contributed by atoms with Crippen LogP contribution in [0.25, 0.3) is 0 Å². The van der Waals surface area contributed by atoms with Crippen LogP contribution >= 0.6 is 0 Å². The third-order valence-electron chi connectivity index (χ3n) is 5.55. The van der Waals surface area contributed by atoms with Gasteiger partial charge in [-0.05, 0) is 79.6 Å². The molecule has 1 atom stereocenters. The quantitative estimate of drug-likeness (QED) is 0.463. The average molecular weight is 416 g/mol. The Morgan fingerprint density at radius 3 is 1.93 bits per heavy atom. The van der Waals surface area contributed by atoms with Gasteiger partial charge in [0.05, 0.1) is 28.4 Å². The van der Waals surface area contributed by atoms with Gasteiger partial charge < -0.3 is 24.3 Å². The van der Waals surface area contributed by atoms with Gasteiger partial charge >= 0.3 is 0 Å². The summed E-state index contributed by atoms with van der Waals surface area (Å²) < 4.78 is 21.5. The summed E-state index contributed by atoms with van der Waals surface area (Å²) in [5, 5.41) is 3.57. The van der Waals surface area contributed by atoms with Crippen LogP contribution < -0.4 is 24.3 Å². The molecule has 1 unspecified atom stereocenters. The Balaban J connectivity index is 1.82. The van der Waals surface area contributed by atoms with E-state index in [1.165, 1.54) is 11.1 Å². The van der Waals surface area contributed by atoms with Crippen molar-refractivity contribution in [2.45, 2.75) is 39.0 Å². The molecule has 0 radical (unpaired) electrons. The predicted molar refractivity (Wildman–Crippen MR) is 122 cm³/mol. The Morgan fingerprint density at radius 2 is 1.33 bits per heavy atom. The van der Waals surface area contributed by atoms with Gasteiger partial charge in [0.25, 0.3) is 0 Å². The van der Waals surface area contributed by atoms with E-state index in [2.05, 4.69) is 37.4 Å². The van der Waals surface area contributed by atoms with Crippen LogP contribution in [0.3, 0.4) is 0 Å². The molecule has 0 saturated heterocycles. The van der Waals surface area contributed by atoms with E-state index in [0.717, 1.165) is 55.4 Å². The molecule has 2 aromatic rings. The highest BCUT2D eigenvalue weighted by Crippen LogP contribution is 2.35. The van der Waals surface area contributed by atoms with Gasteiger partial charge in [0.2, 0.25) is 0 Å². The lowest BCUT2D eigenvalue weighted by atomic mass is 9.84. The van der Waals surface area contributed by atoms with Gasteiger partial charge in [-0.3, -0.25) is 0 Å². The predicted octanol–water partition coefficient (Wildman–Crippen LogP) is 5.07. The van der Waals surface area contributed by atoms with Crippen LogP contribution in [0.15, 0.2) is 36.4 Å². The van der Waals surface area contributed by atoms with E-state index in [0.29, 0.717) is 11.8 Å². The molecule has 2 aromatic carbocycles. The van der Waals surface area contributed by atoms with Gasteiger partial charge in [0.1, 0.15) is 0 Å². The number of benzene rings is 2. The number of hydrogen-bond donors (Lipinski definition) is 1. The van der Waals surface area contributed by atoms with Crippen molar-refractivity contribution in [2.24, 2.45) is 5.92 Å². The first-order chi connectivity index (χ1) is 14.5. The van der Waals surface area contributed by atoms with Crippen molar-refractivity contribution in [3.8, 4) is 23.0 Å². The molecule has 0 aliphatic rings.